The monoisotopic (exact) mass is 465 g/mol. The third-order valence-electron chi connectivity index (χ3n) is 3.93. The van der Waals surface area contributed by atoms with Crippen LogP contribution in [-0.4, -0.2) is 22.5 Å². The van der Waals surface area contributed by atoms with Gasteiger partial charge >= 0.3 is 0 Å². The minimum Gasteiger partial charge on any atom is -0.492 e. The van der Waals surface area contributed by atoms with Crippen LogP contribution in [0, 0.1) is 17.0 Å². The summed E-state index contributed by atoms with van der Waals surface area (Å²) < 4.78 is 6.31. The number of benzene rings is 2. The molecule has 0 unspecified atom stereocenters. The van der Waals surface area contributed by atoms with Gasteiger partial charge in [-0.15, -0.1) is 0 Å². The van der Waals surface area contributed by atoms with Crippen LogP contribution in [0.1, 0.15) is 35.7 Å². The molecule has 148 valence electrons. The molecular weight excluding hydrogens is 446 g/mol. The first kappa shape index (κ1) is 21.8. The molecule has 0 spiro atoms. The summed E-state index contributed by atoms with van der Waals surface area (Å²) >= 11 is 8.56. The van der Waals surface area contributed by atoms with Crippen molar-refractivity contribution in [2.75, 3.05) is 11.9 Å². The van der Waals surface area contributed by atoms with Crippen LogP contribution < -0.4 is 15.4 Å². The molecule has 2 aromatic carbocycles. The lowest BCUT2D eigenvalue weighted by atomic mass is 10.1. The molecule has 0 atom stereocenters. The maximum atomic E-state index is 12.4. The van der Waals surface area contributed by atoms with Crippen molar-refractivity contribution in [3.63, 3.8) is 0 Å². The topological polar surface area (TPSA) is 93.5 Å². The average Bonchev–Trinajstić information content (AvgIpc) is 2.64. The number of nitro groups is 1. The van der Waals surface area contributed by atoms with Gasteiger partial charge in [0.15, 0.2) is 5.11 Å². The van der Waals surface area contributed by atoms with E-state index in [1.807, 2.05) is 0 Å². The zero-order valence-electron chi connectivity index (χ0n) is 15.5. The van der Waals surface area contributed by atoms with Gasteiger partial charge in [0.05, 0.1) is 27.3 Å². The lowest BCUT2D eigenvalue weighted by molar-refractivity contribution is -0.385. The van der Waals surface area contributed by atoms with E-state index < -0.39 is 10.8 Å². The highest BCUT2D eigenvalue weighted by Gasteiger charge is 2.15. The van der Waals surface area contributed by atoms with Gasteiger partial charge in [-0.3, -0.25) is 20.2 Å². The molecule has 0 aliphatic heterocycles. The summed E-state index contributed by atoms with van der Waals surface area (Å²) in [6, 6.07) is 9.62. The predicted molar refractivity (Wildman–Crippen MR) is 116 cm³/mol. The molecule has 2 rings (SSSR count). The Labute approximate surface area is 176 Å². The van der Waals surface area contributed by atoms with Crippen LogP contribution in [0.5, 0.6) is 5.75 Å². The SMILES string of the molecule is CCCCOc1ccc(C(=O)NC(=S)Nc2cccc([N+](=O)[O-])c2C)cc1Br. The number of hydrogen-bond acceptors (Lipinski definition) is 5. The summed E-state index contributed by atoms with van der Waals surface area (Å²) in [5.74, 6) is 0.263. The highest BCUT2D eigenvalue weighted by Crippen LogP contribution is 2.27. The number of nitrogens with one attached hydrogen (secondary N) is 2. The highest BCUT2D eigenvalue weighted by atomic mass is 79.9. The zero-order valence-corrected chi connectivity index (χ0v) is 17.9. The molecule has 1 amide bonds. The van der Waals surface area contributed by atoms with Crippen LogP contribution in [0.15, 0.2) is 40.9 Å². The maximum Gasteiger partial charge on any atom is 0.274 e. The Bertz CT molecular complexity index is 905. The molecule has 0 fully saturated rings. The molecule has 0 saturated heterocycles. The van der Waals surface area contributed by atoms with E-state index in [0.29, 0.717) is 33.6 Å². The van der Waals surface area contributed by atoms with Crippen LogP contribution in [0.25, 0.3) is 0 Å². The van der Waals surface area contributed by atoms with Crippen molar-refractivity contribution in [3.05, 3.63) is 62.1 Å². The fraction of sp³-hybridized carbons (Fsp3) is 0.263. The summed E-state index contributed by atoms with van der Waals surface area (Å²) in [6.45, 7) is 4.30. The van der Waals surface area contributed by atoms with Crippen LogP contribution in [0.4, 0.5) is 11.4 Å². The van der Waals surface area contributed by atoms with Crippen molar-refractivity contribution in [1.29, 1.82) is 0 Å². The largest absolute Gasteiger partial charge is 0.492 e. The van der Waals surface area contributed by atoms with E-state index in [-0.39, 0.29) is 10.8 Å². The lowest BCUT2D eigenvalue weighted by Gasteiger charge is -2.13. The van der Waals surface area contributed by atoms with Crippen molar-refractivity contribution in [2.24, 2.45) is 0 Å². The number of amides is 1. The molecule has 0 aliphatic rings. The molecule has 9 heteroatoms. The van der Waals surface area contributed by atoms with E-state index in [0.717, 1.165) is 12.8 Å². The van der Waals surface area contributed by atoms with Crippen LogP contribution in [0.2, 0.25) is 0 Å². The quantitative estimate of drug-likeness (QED) is 0.259. The number of carbonyl (C=O) groups excluding carboxylic acids is 1. The van der Waals surface area contributed by atoms with Gasteiger partial charge in [0.1, 0.15) is 5.75 Å². The van der Waals surface area contributed by atoms with E-state index in [9.17, 15) is 14.9 Å². The molecule has 28 heavy (non-hydrogen) atoms. The second kappa shape index (κ2) is 10.1. The molecule has 0 aliphatic carbocycles. The standard InChI is InChI=1S/C19H20BrN3O4S/c1-3-4-10-27-17-9-8-13(11-14(17)20)18(24)22-19(28)21-15-6-5-7-16(12(15)2)23(25)26/h5-9,11H,3-4,10H2,1-2H3,(H2,21,22,24,28). The number of thiocarbonyl (C=S) groups is 1. The highest BCUT2D eigenvalue weighted by molar-refractivity contribution is 9.10. The minimum atomic E-state index is -0.468. The van der Waals surface area contributed by atoms with Crippen molar-refractivity contribution in [3.8, 4) is 5.75 Å². The number of anilines is 1. The zero-order chi connectivity index (χ0) is 20.7. The minimum absolute atomic E-state index is 0.0262. The Morgan fingerprint density at radius 2 is 2.07 bits per heavy atom. The third-order valence-corrected chi connectivity index (χ3v) is 4.75. The number of rotatable bonds is 7. The first-order chi connectivity index (χ1) is 13.3. The normalized spacial score (nSPS) is 10.2. The molecule has 2 aromatic rings. The maximum absolute atomic E-state index is 12.4. The molecule has 0 saturated carbocycles. The molecule has 0 aromatic heterocycles. The first-order valence-corrected chi connectivity index (χ1v) is 9.82. The Morgan fingerprint density at radius 3 is 2.71 bits per heavy atom. The number of halogens is 1. The summed E-state index contributed by atoms with van der Waals surface area (Å²) in [6.07, 6.45) is 1.98. The smallest absolute Gasteiger partial charge is 0.274 e. The molecular formula is C19H20BrN3O4S. The van der Waals surface area contributed by atoms with Crippen molar-refractivity contribution < 1.29 is 14.5 Å². The lowest BCUT2D eigenvalue weighted by Crippen LogP contribution is -2.34. The number of hydrogen-bond donors (Lipinski definition) is 2. The second-order valence-corrected chi connectivity index (χ2v) is 7.22. The summed E-state index contributed by atoms with van der Waals surface area (Å²) in [7, 11) is 0. The van der Waals surface area contributed by atoms with Gasteiger partial charge in [-0.25, -0.2) is 0 Å². The number of ether oxygens (including phenoxy) is 1. The van der Waals surface area contributed by atoms with E-state index in [1.165, 1.54) is 6.07 Å². The van der Waals surface area contributed by atoms with Crippen molar-refractivity contribution in [1.82, 2.24) is 5.32 Å². The summed E-state index contributed by atoms with van der Waals surface area (Å²) in [5.41, 5.74) is 1.26. The molecule has 0 bridgehead atoms. The number of carbonyl (C=O) groups is 1. The first-order valence-electron chi connectivity index (χ1n) is 8.62. The van der Waals surface area contributed by atoms with Gasteiger partial charge in [0, 0.05) is 11.6 Å². The van der Waals surface area contributed by atoms with Gasteiger partial charge in [0.25, 0.3) is 11.6 Å². The summed E-state index contributed by atoms with van der Waals surface area (Å²) in [5, 5.41) is 16.5. The van der Waals surface area contributed by atoms with E-state index in [2.05, 4.69) is 33.5 Å². The third kappa shape index (κ3) is 5.74. The van der Waals surface area contributed by atoms with Gasteiger partial charge < -0.3 is 10.1 Å². The molecule has 7 nitrogen and oxygen atoms in total. The van der Waals surface area contributed by atoms with Gasteiger partial charge in [-0.1, -0.05) is 19.4 Å². The van der Waals surface area contributed by atoms with E-state index >= 15 is 0 Å². The Morgan fingerprint density at radius 1 is 1.32 bits per heavy atom. The van der Waals surface area contributed by atoms with Gasteiger partial charge in [-0.05, 0) is 65.8 Å². The van der Waals surface area contributed by atoms with E-state index in [4.69, 9.17) is 17.0 Å². The molecule has 2 N–H and O–H groups in total. The number of nitro benzene ring substituents is 1. The Kier molecular flexibility index (Phi) is 7.89. The molecule has 0 heterocycles. The predicted octanol–water partition coefficient (Wildman–Crippen LogP) is 4.97. The number of nitrogens with zero attached hydrogens (tertiary/aromatic N) is 1. The van der Waals surface area contributed by atoms with Gasteiger partial charge in [0.2, 0.25) is 0 Å². The molecule has 0 radical (unpaired) electrons. The van der Waals surface area contributed by atoms with Crippen LogP contribution in [-0.2, 0) is 0 Å². The fourth-order valence-corrected chi connectivity index (χ4v) is 3.07. The van der Waals surface area contributed by atoms with Crippen molar-refractivity contribution >= 4 is 50.5 Å². The average molecular weight is 466 g/mol. The number of unbranched alkanes of at least 4 members (excludes halogenated alkanes) is 1. The second-order valence-electron chi connectivity index (χ2n) is 5.96. The Hall–Kier alpha value is -2.52. The summed E-state index contributed by atoms with van der Waals surface area (Å²) in [4.78, 5) is 23.0. The van der Waals surface area contributed by atoms with Crippen LogP contribution in [0.3, 0.4) is 0 Å². The van der Waals surface area contributed by atoms with Gasteiger partial charge in [-0.2, -0.15) is 0 Å². The van der Waals surface area contributed by atoms with Crippen molar-refractivity contribution in [2.45, 2.75) is 26.7 Å². The van der Waals surface area contributed by atoms with Crippen LogP contribution >= 0.6 is 28.1 Å². The van der Waals surface area contributed by atoms with E-state index in [1.54, 1.807) is 37.3 Å². The Balaban J connectivity index is 2.03. The fourth-order valence-electron chi connectivity index (χ4n) is 2.37.